The molecule has 0 bridgehead atoms. The summed E-state index contributed by atoms with van der Waals surface area (Å²) in [6.45, 7) is 14.1. The number of nitrogens with one attached hydrogen (secondary N) is 1. The average Bonchev–Trinajstić information content (AvgIpc) is 3.39. The molecule has 0 radical (unpaired) electrons. The van der Waals surface area contributed by atoms with Crippen LogP contribution in [0.5, 0.6) is 0 Å². The maximum atomic E-state index is 14.0. The van der Waals surface area contributed by atoms with Crippen molar-refractivity contribution in [1.29, 1.82) is 0 Å². The number of esters is 1. The number of ether oxygens (including phenoxy) is 2. The average molecular weight is 481 g/mol. The summed E-state index contributed by atoms with van der Waals surface area (Å²) in [5.74, 6) is -0.866. The quantitative estimate of drug-likeness (QED) is 0.611. The van der Waals surface area contributed by atoms with Gasteiger partial charge in [0.2, 0.25) is 11.8 Å². The number of carbonyl (C=O) groups is 4. The van der Waals surface area contributed by atoms with Crippen LogP contribution in [0.3, 0.4) is 0 Å². The molecular weight excluding hydrogens is 440 g/mol. The second kappa shape index (κ2) is 9.02. The minimum atomic E-state index is -0.939. The summed E-state index contributed by atoms with van der Waals surface area (Å²) in [4.78, 5) is 58.1. The highest BCUT2D eigenvalue weighted by Gasteiger charge is 2.64. The van der Waals surface area contributed by atoms with E-state index in [2.05, 4.69) is 10.2 Å². The Labute approximate surface area is 202 Å². The van der Waals surface area contributed by atoms with Gasteiger partial charge in [-0.2, -0.15) is 0 Å². The summed E-state index contributed by atoms with van der Waals surface area (Å²) in [7, 11) is 1.30. The zero-order chi connectivity index (χ0) is 25.6. The molecule has 3 unspecified atom stereocenters. The number of methoxy groups -OCH3 is 1. The van der Waals surface area contributed by atoms with Gasteiger partial charge in [-0.15, -0.1) is 0 Å². The highest BCUT2D eigenvalue weighted by atomic mass is 16.6. The third-order valence-electron chi connectivity index (χ3n) is 7.01. The van der Waals surface area contributed by atoms with Gasteiger partial charge in [-0.25, -0.2) is 9.59 Å². The third-order valence-corrected chi connectivity index (χ3v) is 7.01. The van der Waals surface area contributed by atoms with Crippen molar-refractivity contribution in [2.75, 3.05) is 26.7 Å². The number of nitrogens with zero attached hydrogens (tertiary/aromatic N) is 3. The summed E-state index contributed by atoms with van der Waals surface area (Å²) >= 11 is 0. The molecule has 192 valence electrons. The monoisotopic (exact) mass is 480 g/mol. The lowest BCUT2D eigenvalue weighted by Crippen LogP contribution is -2.59. The van der Waals surface area contributed by atoms with Gasteiger partial charge in [-0.3, -0.25) is 14.5 Å². The highest BCUT2D eigenvalue weighted by molar-refractivity contribution is 5.92. The van der Waals surface area contributed by atoms with Crippen molar-refractivity contribution in [3.63, 3.8) is 0 Å². The Morgan fingerprint density at radius 3 is 2.35 bits per heavy atom. The molecule has 4 atom stereocenters. The van der Waals surface area contributed by atoms with Gasteiger partial charge in [-0.1, -0.05) is 20.8 Å². The van der Waals surface area contributed by atoms with E-state index in [0.29, 0.717) is 6.54 Å². The third kappa shape index (κ3) is 4.61. The van der Waals surface area contributed by atoms with Gasteiger partial charge in [0, 0.05) is 19.5 Å². The molecule has 0 aliphatic carbocycles. The van der Waals surface area contributed by atoms with E-state index in [-0.39, 0.29) is 24.9 Å². The summed E-state index contributed by atoms with van der Waals surface area (Å²) in [5.41, 5.74) is -2.13. The van der Waals surface area contributed by atoms with E-state index in [0.717, 1.165) is 19.4 Å². The largest absolute Gasteiger partial charge is 0.467 e. The molecular formula is C24H40N4O6. The summed E-state index contributed by atoms with van der Waals surface area (Å²) in [6.07, 6.45) is 1.26. The Kier molecular flexibility index (Phi) is 6.96. The van der Waals surface area contributed by atoms with Crippen molar-refractivity contribution in [3.05, 3.63) is 0 Å². The van der Waals surface area contributed by atoms with Crippen LogP contribution < -0.4 is 5.32 Å². The lowest BCUT2D eigenvalue weighted by atomic mass is 9.85. The van der Waals surface area contributed by atoms with Gasteiger partial charge in [0.1, 0.15) is 23.3 Å². The van der Waals surface area contributed by atoms with E-state index >= 15 is 0 Å². The van der Waals surface area contributed by atoms with Crippen molar-refractivity contribution >= 4 is 23.9 Å². The van der Waals surface area contributed by atoms with E-state index < -0.39 is 46.7 Å². The molecule has 1 spiro atoms. The Morgan fingerprint density at radius 2 is 1.82 bits per heavy atom. The summed E-state index contributed by atoms with van der Waals surface area (Å²) in [5, 5.41) is 2.73. The van der Waals surface area contributed by atoms with Crippen LogP contribution in [0.4, 0.5) is 4.79 Å². The molecule has 10 heteroatoms. The predicted octanol–water partition coefficient (Wildman–Crippen LogP) is 1.72. The lowest BCUT2D eigenvalue weighted by molar-refractivity contribution is -0.152. The van der Waals surface area contributed by atoms with Crippen LogP contribution in [-0.2, 0) is 23.9 Å². The summed E-state index contributed by atoms with van der Waals surface area (Å²) < 4.78 is 10.5. The van der Waals surface area contributed by atoms with Crippen LogP contribution in [-0.4, -0.2) is 94.7 Å². The van der Waals surface area contributed by atoms with E-state index in [9.17, 15) is 19.2 Å². The van der Waals surface area contributed by atoms with E-state index in [1.54, 1.807) is 20.8 Å². The molecule has 3 saturated heterocycles. The van der Waals surface area contributed by atoms with E-state index in [1.165, 1.54) is 12.0 Å². The molecule has 3 aliphatic rings. The molecule has 1 N–H and O–H groups in total. The molecule has 3 fully saturated rings. The van der Waals surface area contributed by atoms with Crippen molar-refractivity contribution in [2.24, 2.45) is 5.41 Å². The molecule has 3 aliphatic heterocycles. The number of carbonyl (C=O) groups excluding carboxylic acids is 4. The molecule has 0 saturated carbocycles. The molecule has 34 heavy (non-hydrogen) atoms. The molecule has 3 heterocycles. The van der Waals surface area contributed by atoms with Crippen molar-refractivity contribution in [2.45, 2.75) is 97.1 Å². The number of amides is 3. The molecule has 0 aromatic heterocycles. The number of fused-ring (bicyclic) bond motifs is 2. The van der Waals surface area contributed by atoms with Crippen LogP contribution in [0.2, 0.25) is 0 Å². The summed E-state index contributed by atoms with van der Waals surface area (Å²) in [6, 6.07) is -2.01. The first-order chi connectivity index (χ1) is 15.7. The first kappa shape index (κ1) is 26.2. The molecule has 3 rings (SSSR count). The van der Waals surface area contributed by atoms with Crippen LogP contribution in [0.25, 0.3) is 0 Å². The van der Waals surface area contributed by atoms with Gasteiger partial charge < -0.3 is 24.6 Å². The fourth-order valence-electron chi connectivity index (χ4n) is 5.60. The Bertz CT molecular complexity index is 847. The molecule has 3 amide bonds. The number of hydrogen-bond acceptors (Lipinski definition) is 7. The van der Waals surface area contributed by atoms with Gasteiger partial charge >= 0.3 is 12.1 Å². The first-order valence-corrected chi connectivity index (χ1v) is 12.1. The van der Waals surface area contributed by atoms with Gasteiger partial charge in [0.25, 0.3) is 0 Å². The van der Waals surface area contributed by atoms with Gasteiger partial charge in [0.05, 0.1) is 19.7 Å². The smallest absolute Gasteiger partial charge is 0.408 e. The SMILES string of the molecule is CCN1C(=O)C2CCCN2C12C[C@@H](C(=O)OC)N(C(=O)C(NC(=O)OC(C)(C)C)C(C)(C)C)C2. The van der Waals surface area contributed by atoms with Crippen molar-refractivity contribution in [3.8, 4) is 0 Å². The van der Waals surface area contributed by atoms with Crippen molar-refractivity contribution < 1.29 is 28.7 Å². The number of likely N-dealkylation sites (N-methyl/N-ethyl adjacent to an activating group) is 1. The fourth-order valence-corrected chi connectivity index (χ4v) is 5.60. The minimum absolute atomic E-state index is 0.0529. The number of alkyl carbamates (subject to hydrolysis) is 1. The first-order valence-electron chi connectivity index (χ1n) is 12.1. The molecule has 0 aromatic carbocycles. The lowest BCUT2D eigenvalue weighted by Gasteiger charge is -2.40. The predicted molar refractivity (Wildman–Crippen MR) is 125 cm³/mol. The number of hydrogen-bond donors (Lipinski definition) is 1. The van der Waals surface area contributed by atoms with Gasteiger partial charge in [-0.05, 0) is 46.0 Å². The maximum Gasteiger partial charge on any atom is 0.408 e. The van der Waals surface area contributed by atoms with E-state index in [1.807, 2.05) is 32.6 Å². The minimum Gasteiger partial charge on any atom is -0.467 e. The topological polar surface area (TPSA) is 108 Å². The van der Waals surface area contributed by atoms with Crippen molar-refractivity contribution in [1.82, 2.24) is 20.0 Å². The zero-order valence-corrected chi connectivity index (χ0v) is 21.8. The molecule has 0 aromatic rings. The van der Waals surface area contributed by atoms with Crippen LogP contribution in [0.1, 0.15) is 67.7 Å². The Hall–Kier alpha value is -2.36. The van der Waals surface area contributed by atoms with Crippen LogP contribution >= 0.6 is 0 Å². The standard InChI is InChI=1S/C24H40N4O6/c1-9-27-18(29)15-11-10-12-28(15)24(27)13-16(20(31)33-8)26(14-24)19(30)17(22(2,3)4)25-21(32)34-23(5,6)7/h15-17H,9-14H2,1-8H3,(H,25,32)/t15?,16-,17?,24?/m0/s1. The van der Waals surface area contributed by atoms with Gasteiger partial charge in [0.15, 0.2) is 0 Å². The Balaban J connectivity index is 1.96. The van der Waals surface area contributed by atoms with Crippen LogP contribution in [0.15, 0.2) is 0 Å². The van der Waals surface area contributed by atoms with E-state index in [4.69, 9.17) is 9.47 Å². The second-order valence-electron chi connectivity index (χ2n) is 11.6. The zero-order valence-electron chi connectivity index (χ0n) is 21.8. The molecule has 10 nitrogen and oxygen atoms in total. The number of rotatable bonds is 4. The fraction of sp³-hybridized carbons (Fsp3) is 0.833. The number of likely N-dealkylation sites (tertiary alicyclic amines) is 1. The normalized spacial score (nSPS) is 28.3. The Morgan fingerprint density at radius 1 is 1.18 bits per heavy atom. The highest BCUT2D eigenvalue weighted by Crippen LogP contribution is 2.46. The maximum absolute atomic E-state index is 14.0. The second-order valence-corrected chi connectivity index (χ2v) is 11.6. The van der Waals surface area contributed by atoms with Crippen LogP contribution in [0, 0.1) is 5.41 Å².